The summed E-state index contributed by atoms with van der Waals surface area (Å²) >= 11 is 0. The van der Waals surface area contributed by atoms with Crippen molar-refractivity contribution in [3.8, 4) is 5.75 Å². The van der Waals surface area contributed by atoms with E-state index < -0.39 is 9.84 Å². The second-order valence-corrected chi connectivity index (χ2v) is 7.86. The second-order valence-electron chi connectivity index (χ2n) is 6.00. The van der Waals surface area contributed by atoms with Crippen LogP contribution in [0.25, 0.3) is 12.2 Å². The first-order valence-electron chi connectivity index (χ1n) is 8.91. The van der Waals surface area contributed by atoms with Gasteiger partial charge in [-0.2, -0.15) is 4.98 Å². The molecule has 3 rings (SSSR count). The van der Waals surface area contributed by atoms with E-state index in [1.54, 1.807) is 44.6 Å². The Morgan fingerprint density at radius 1 is 1.03 bits per heavy atom. The van der Waals surface area contributed by atoms with Crippen LogP contribution in [-0.2, 0) is 14.6 Å². The van der Waals surface area contributed by atoms with Crippen LogP contribution in [-0.4, -0.2) is 40.8 Å². The molecular formula is C21H22N2O5S. The molecule has 0 aliphatic carbocycles. The number of hydrogen-bond donors (Lipinski definition) is 1. The lowest BCUT2D eigenvalue weighted by molar-refractivity contribution is 0.210. The molecule has 2 aromatic carbocycles. The molecular weight excluding hydrogens is 392 g/mol. The van der Waals surface area contributed by atoms with Crippen molar-refractivity contribution in [2.75, 3.05) is 32.7 Å². The fraction of sp³-hybridized carbons (Fsp3) is 0.190. The summed E-state index contributed by atoms with van der Waals surface area (Å²) in [7, 11) is -0.704. The largest absolute Gasteiger partial charge is 0.496 e. The lowest BCUT2D eigenvalue weighted by Crippen LogP contribution is -2.11. The zero-order chi connectivity index (χ0) is 20.7. The molecule has 0 unspecified atom stereocenters. The highest BCUT2D eigenvalue weighted by molar-refractivity contribution is 7.91. The van der Waals surface area contributed by atoms with Crippen molar-refractivity contribution in [1.82, 2.24) is 4.98 Å². The highest BCUT2D eigenvalue weighted by Gasteiger charge is 2.27. The average molecular weight is 414 g/mol. The molecule has 1 N–H and O–H groups in total. The summed E-state index contributed by atoms with van der Waals surface area (Å²) in [5.41, 5.74) is 0.814. The Morgan fingerprint density at radius 2 is 1.76 bits per heavy atom. The van der Waals surface area contributed by atoms with Crippen LogP contribution in [0.3, 0.4) is 0 Å². The first-order chi connectivity index (χ1) is 14.1. The number of nitrogens with zero attached hydrogens (tertiary/aromatic N) is 1. The Kier molecular flexibility index (Phi) is 6.69. The zero-order valence-corrected chi connectivity index (χ0v) is 17.0. The Morgan fingerprint density at radius 3 is 2.48 bits per heavy atom. The molecule has 1 heterocycles. The number of para-hydroxylation sites is 1. The predicted octanol–water partition coefficient (Wildman–Crippen LogP) is 3.74. The Hall–Kier alpha value is -3.10. The topological polar surface area (TPSA) is 90.7 Å². The van der Waals surface area contributed by atoms with E-state index in [1.165, 1.54) is 12.1 Å². The highest BCUT2D eigenvalue weighted by atomic mass is 32.2. The number of sulfone groups is 1. The number of oxazole rings is 1. The first kappa shape index (κ1) is 20.6. The van der Waals surface area contributed by atoms with Crippen molar-refractivity contribution < 1.29 is 22.3 Å². The molecule has 0 radical (unpaired) electrons. The van der Waals surface area contributed by atoms with Crippen LogP contribution in [0.5, 0.6) is 5.75 Å². The minimum Gasteiger partial charge on any atom is -0.496 e. The minimum absolute atomic E-state index is 0.0746. The predicted molar refractivity (Wildman–Crippen MR) is 111 cm³/mol. The van der Waals surface area contributed by atoms with Gasteiger partial charge in [-0.3, -0.25) is 0 Å². The first-order valence-corrected chi connectivity index (χ1v) is 10.4. The van der Waals surface area contributed by atoms with Crippen molar-refractivity contribution in [3.05, 3.63) is 66.1 Å². The normalized spacial score (nSPS) is 11.7. The highest BCUT2D eigenvalue weighted by Crippen LogP contribution is 2.29. The number of aromatic nitrogens is 1. The van der Waals surface area contributed by atoms with E-state index in [9.17, 15) is 8.42 Å². The molecule has 152 valence electrons. The van der Waals surface area contributed by atoms with Gasteiger partial charge in [-0.15, -0.1) is 0 Å². The van der Waals surface area contributed by atoms with Gasteiger partial charge in [0.1, 0.15) is 5.75 Å². The van der Waals surface area contributed by atoms with Gasteiger partial charge in [-0.05, 0) is 24.3 Å². The van der Waals surface area contributed by atoms with E-state index in [0.29, 0.717) is 18.9 Å². The summed E-state index contributed by atoms with van der Waals surface area (Å²) in [4.78, 5) is 4.36. The minimum atomic E-state index is -3.85. The lowest BCUT2D eigenvalue weighted by atomic mass is 10.2. The number of benzene rings is 2. The van der Waals surface area contributed by atoms with Crippen molar-refractivity contribution in [2.45, 2.75) is 9.92 Å². The summed E-state index contributed by atoms with van der Waals surface area (Å²) in [5.74, 6) is 0.918. The summed E-state index contributed by atoms with van der Waals surface area (Å²) < 4.78 is 42.1. The number of anilines is 1. The van der Waals surface area contributed by atoms with Crippen molar-refractivity contribution in [3.63, 3.8) is 0 Å². The summed E-state index contributed by atoms with van der Waals surface area (Å²) in [6.07, 6.45) is 3.35. The third-order valence-corrected chi connectivity index (χ3v) is 5.74. The summed E-state index contributed by atoms with van der Waals surface area (Å²) in [5, 5.41) is 2.77. The maximum Gasteiger partial charge on any atom is 0.233 e. The van der Waals surface area contributed by atoms with Crippen LogP contribution in [0.1, 0.15) is 11.5 Å². The maximum atomic E-state index is 13.0. The zero-order valence-electron chi connectivity index (χ0n) is 16.2. The lowest BCUT2D eigenvalue weighted by Gasteiger charge is -2.05. The van der Waals surface area contributed by atoms with E-state index in [1.807, 2.05) is 24.3 Å². The van der Waals surface area contributed by atoms with E-state index >= 15 is 0 Å². The average Bonchev–Trinajstić information content (AvgIpc) is 3.17. The van der Waals surface area contributed by atoms with Gasteiger partial charge in [0.15, 0.2) is 0 Å². The van der Waals surface area contributed by atoms with Gasteiger partial charge in [0.25, 0.3) is 0 Å². The van der Waals surface area contributed by atoms with Gasteiger partial charge in [-0.1, -0.05) is 36.4 Å². The van der Waals surface area contributed by atoms with Crippen LogP contribution < -0.4 is 10.1 Å². The number of ether oxygens (including phenoxy) is 2. The van der Waals surface area contributed by atoms with Gasteiger partial charge in [0.05, 0.1) is 18.6 Å². The van der Waals surface area contributed by atoms with Crippen LogP contribution in [0.2, 0.25) is 0 Å². The quantitative estimate of drug-likeness (QED) is 0.533. The SMILES string of the molecule is COCCNc1oc(C=Cc2ccccc2OC)nc1S(=O)(=O)c1ccccc1. The number of rotatable bonds is 9. The molecule has 0 spiro atoms. The van der Waals surface area contributed by atoms with Crippen LogP contribution in [0, 0.1) is 0 Å². The molecule has 0 atom stereocenters. The Labute approximate surface area is 169 Å². The third-order valence-electron chi connectivity index (χ3n) is 4.06. The number of nitrogens with one attached hydrogen (secondary N) is 1. The molecule has 7 nitrogen and oxygen atoms in total. The molecule has 0 saturated heterocycles. The van der Waals surface area contributed by atoms with Crippen molar-refractivity contribution in [1.29, 1.82) is 0 Å². The molecule has 3 aromatic rings. The van der Waals surface area contributed by atoms with E-state index in [4.69, 9.17) is 13.9 Å². The fourth-order valence-electron chi connectivity index (χ4n) is 2.63. The number of hydrogen-bond acceptors (Lipinski definition) is 7. The smallest absolute Gasteiger partial charge is 0.233 e. The molecule has 8 heteroatoms. The van der Waals surface area contributed by atoms with Crippen molar-refractivity contribution >= 4 is 27.9 Å². The van der Waals surface area contributed by atoms with E-state index in [-0.39, 0.29) is 21.7 Å². The summed E-state index contributed by atoms with van der Waals surface area (Å²) in [6.45, 7) is 0.760. The van der Waals surface area contributed by atoms with Gasteiger partial charge in [0.2, 0.25) is 26.6 Å². The van der Waals surface area contributed by atoms with Crippen molar-refractivity contribution in [2.24, 2.45) is 0 Å². The molecule has 0 fully saturated rings. The molecule has 0 amide bonds. The molecule has 1 aromatic heterocycles. The molecule has 0 bridgehead atoms. The van der Waals surface area contributed by atoms with Crippen LogP contribution in [0.15, 0.2) is 68.9 Å². The van der Waals surface area contributed by atoms with Gasteiger partial charge in [0, 0.05) is 25.3 Å². The summed E-state index contributed by atoms with van der Waals surface area (Å²) in [6, 6.07) is 15.6. The van der Waals surface area contributed by atoms with Gasteiger partial charge < -0.3 is 19.2 Å². The van der Waals surface area contributed by atoms with Crippen LogP contribution >= 0.6 is 0 Å². The van der Waals surface area contributed by atoms with Crippen LogP contribution in [0.4, 0.5) is 5.88 Å². The molecule has 29 heavy (non-hydrogen) atoms. The van der Waals surface area contributed by atoms with E-state index in [0.717, 1.165) is 5.56 Å². The third kappa shape index (κ3) is 4.85. The Bertz CT molecular complexity index is 1080. The van der Waals surface area contributed by atoms with Gasteiger partial charge >= 0.3 is 0 Å². The second kappa shape index (κ2) is 9.40. The van der Waals surface area contributed by atoms with E-state index in [2.05, 4.69) is 10.3 Å². The molecule has 0 aliphatic rings. The Balaban J connectivity index is 1.98. The maximum absolute atomic E-state index is 13.0. The molecule has 0 aliphatic heterocycles. The standard InChI is InChI=1S/C21H22N2O5S/c1-26-15-14-22-20-21(29(24,25)17-9-4-3-5-10-17)23-19(28-20)13-12-16-8-6-7-11-18(16)27-2/h3-13,22H,14-15H2,1-2H3. The molecule has 0 saturated carbocycles. The fourth-order valence-corrected chi connectivity index (χ4v) is 3.94. The number of methoxy groups -OCH3 is 2. The van der Waals surface area contributed by atoms with Gasteiger partial charge in [-0.25, -0.2) is 8.42 Å². The monoisotopic (exact) mass is 414 g/mol.